The molecule has 4 heterocycles. The van der Waals surface area contributed by atoms with Crippen molar-refractivity contribution in [3.8, 4) is 73.2 Å². The predicted molar refractivity (Wildman–Crippen MR) is 340 cm³/mol. The van der Waals surface area contributed by atoms with E-state index >= 15 is 0 Å². The standard InChI is InChI=1S/C76H56GeN4O/c1-76(2,3)54-44-45-78-74(47-54)81-70-36-19-18-34-65(70)66-43-40-61(50-73(66)81)82-60-31-20-30-59(49-60)79-51-80-72-46-53(52-22-8-4-9-23-52)38-41-67(72)69-48-58(39-42-64(69)62-32-16-17-33-63(62)68-35-21-37-71(79)75(68)80)77(55-24-10-5-11-25-55,56-26-12-6-13-27-56)57-28-14-7-15-29-57/h4-50H,1-3H3/i4D,8D,9D,22D,23D. The molecule has 3 aromatic heterocycles. The predicted octanol–water partition coefficient (Wildman–Crippen LogP) is 15.6. The van der Waals surface area contributed by atoms with Crippen LogP contribution in [0, 0.1) is 6.33 Å². The van der Waals surface area contributed by atoms with Crippen LogP contribution in [0.5, 0.6) is 11.5 Å². The van der Waals surface area contributed by atoms with Crippen molar-refractivity contribution >= 4 is 63.7 Å². The number of benzene rings is 11. The fourth-order valence-electron chi connectivity index (χ4n) is 12.6. The Kier molecular flexibility index (Phi) is 10.6. The van der Waals surface area contributed by atoms with Crippen molar-refractivity contribution in [3.05, 3.63) is 297 Å². The second kappa shape index (κ2) is 19.8. The summed E-state index contributed by atoms with van der Waals surface area (Å²) >= 11 is -3.90. The van der Waals surface area contributed by atoms with Gasteiger partial charge in [0.05, 0.1) is 11.0 Å². The van der Waals surface area contributed by atoms with Crippen LogP contribution in [0.15, 0.2) is 285 Å². The molecule has 0 spiro atoms. The number of rotatable bonds is 9. The number of hydrogen-bond acceptors (Lipinski definition) is 2. The van der Waals surface area contributed by atoms with Crippen LogP contribution >= 0.6 is 0 Å². The van der Waals surface area contributed by atoms with Crippen LogP contribution < -0.4 is 26.9 Å². The summed E-state index contributed by atoms with van der Waals surface area (Å²) in [4.78, 5) is 4.92. The van der Waals surface area contributed by atoms with Gasteiger partial charge in [-0.25, -0.2) is 4.98 Å². The number of para-hydroxylation sites is 2. The number of imidazole rings is 1. The van der Waals surface area contributed by atoms with Crippen LogP contribution in [0.1, 0.15) is 33.2 Å². The van der Waals surface area contributed by atoms with Gasteiger partial charge >= 0.3 is 355 Å². The zero-order chi connectivity index (χ0) is 59.3. The van der Waals surface area contributed by atoms with Crippen LogP contribution in [-0.4, -0.2) is 27.4 Å². The topological polar surface area (TPSA) is 35.9 Å². The number of aromatic nitrogens is 4. The van der Waals surface area contributed by atoms with E-state index in [2.05, 4.69) is 253 Å². The third-order valence-corrected chi connectivity index (χ3v) is 26.4. The minimum absolute atomic E-state index is 0.0706. The van der Waals surface area contributed by atoms with E-state index in [-0.39, 0.29) is 23.1 Å². The minimum atomic E-state index is -3.90. The Morgan fingerprint density at radius 2 is 1.07 bits per heavy atom. The van der Waals surface area contributed by atoms with Gasteiger partial charge in [-0.2, -0.15) is 0 Å². The van der Waals surface area contributed by atoms with Crippen LogP contribution in [0.3, 0.4) is 0 Å². The van der Waals surface area contributed by atoms with Crippen molar-refractivity contribution in [2.45, 2.75) is 26.2 Å². The maximum atomic E-state index is 9.26. The molecule has 0 N–H and O–H groups in total. The molecule has 390 valence electrons. The summed E-state index contributed by atoms with van der Waals surface area (Å²) in [6, 6.07) is 86.2. The molecule has 14 aromatic rings. The summed E-state index contributed by atoms with van der Waals surface area (Å²) in [7, 11) is 0. The van der Waals surface area contributed by atoms with Gasteiger partial charge in [0.25, 0.3) is 0 Å². The first kappa shape index (κ1) is 44.0. The van der Waals surface area contributed by atoms with Gasteiger partial charge in [0.1, 0.15) is 11.6 Å². The maximum absolute atomic E-state index is 9.26. The molecule has 0 amide bonds. The van der Waals surface area contributed by atoms with Crippen molar-refractivity contribution in [3.63, 3.8) is 0 Å². The Morgan fingerprint density at radius 1 is 0.463 bits per heavy atom. The Hall–Kier alpha value is -9.82. The number of nitrogens with zero attached hydrogens (tertiary/aromatic N) is 4. The van der Waals surface area contributed by atoms with E-state index < -0.39 is 31.4 Å². The van der Waals surface area contributed by atoms with E-state index in [4.69, 9.17) is 13.8 Å². The first-order chi connectivity index (χ1) is 42.4. The molecule has 1 aliphatic rings. The van der Waals surface area contributed by atoms with Gasteiger partial charge in [-0.15, -0.1) is 0 Å². The van der Waals surface area contributed by atoms with Gasteiger partial charge in [-0.05, 0) is 41.3 Å². The molecule has 0 aliphatic carbocycles. The van der Waals surface area contributed by atoms with E-state index in [1.54, 1.807) is 0 Å². The average Bonchev–Trinajstić information content (AvgIpc) is 2.55. The molecule has 0 saturated heterocycles. The number of fused-ring (bicyclic) bond motifs is 10. The fraction of sp³-hybridized carbons (Fsp3) is 0.0526. The zero-order valence-corrected chi connectivity index (χ0v) is 47.5. The van der Waals surface area contributed by atoms with Gasteiger partial charge in [0, 0.05) is 23.0 Å². The molecule has 0 fully saturated rings. The third kappa shape index (κ3) is 8.14. The van der Waals surface area contributed by atoms with Crippen molar-refractivity contribution in [1.29, 1.82) is 0 Å². The van der Waals surface area contributed by atoms with Gasteiger partial charge in [-0.3, -0.25) is 4.57 Å². The van der Waals surface area contributed by atoms with Crippen LogP contribution in [0.2, 0.25) is 0 Å². The molecule has 5 nitrogen and oxygen atoms in total. The average molecular weight is 1120 g/mol. The molecular weight excluding hydrogens is 1060 g/mol. The van der Waals surface area contributed by atoms with Crippen molar-refractivity contribution in [1.82, 2.24) is 14.1 Å². The summed E-state index contributed by atoms with van der Waals surface area (Å²) < 4.78 is 63.1. The molecule has 6 heteroatoms. The Balaban J connectivity index is 0.957. The summed E-state index contributed by atoms with van der Waals surface area (Å²) in [6.45, 7) is 6.65. The van der Waals surface area contributed by atoms with E-state index in [1.807, 2.05) is 42.6 Å². The molecule has 1 aliphatic heterocycles. The van der Waals surface area contributed by atoms with Crippen molar-refractivity contribution < 1.29 is 16.2 Å². The van der Waals surface area contributed by atoms with Crippen LogP contribution in [0.25, 0.3) is 94.5 Å². The molecule has 0 saturated carbocycles. The Bertz CT molecular complexity index is 4950. The molecule has 0 unspecified atom stereocenters. The normalized spacial score (nSPS) is 12.9. The summed E-state index contributed by atoms with van der Waals surface area (Å²) in [5, 5.41) is 2.22. The van der Waals surface area contributed by atoms with Crippen LogP contribution in [-0.2, 0) is 5.41 Å². The quantitative estimate of drug-likeness (QED) is 0.0820. The molecule has 0 atom stereocenters. The molecule has 0 bridgehead atoms. The molecule has 0 radical (unpaired) electrons. The van der Waals surface area contributed by atoms with Crippen molar-refractivity contribution in [2.75, 3.05) is 0 Å². The second-order valence-corrected chi connectivity index (χ2v) is 30.1. The Morgan fingerprint density at radius 3 is 1.80 bits per heavy atom. The number of pyridine rings is 1. The third-order valence-electron chi connectivity index (χ3n) is 16.4. The second-order valence-electron chi connectivity index (χ2n) is 22.1. The van der Waals surface area contributed by atoms with Crippen LogP contribution in [0.4, 0.5) is 0 Å². The van der Waals surface area contributed by atoms with E-state index in [1.165, 1.54) is 23.1 Å². The van der Waals surface area contributed by atoms with E-state index in [9.17, 15) is 2.74 Å². The summed E-state index contributed by atoms with van der Waals surface area (Å²) in [5.41, 5.74) is 13.0. The number of ether oxygens (including phenoxy) is 1. The van der Waals surface area contributed by atoms with Gasteiger partial charge in [-0.1, -0.05) is 39.0 Å². The monoisotopic (exact) mass is 1120 g/mol. The fourth-order valence-corrected chi connectivity index (χ4v) is 22.6. The molecule has 11 aromatic carbocycles. The summed E-state index contributed by atoms with van der Waals surface area (Å²) in [6.07, 6.45) is 5.77. The first-order valence-electron chi connectivity index (χ1n) is 30.3. The SMILES string of the molecule is [2H]c1c([2H])c([2H])c(-c2ccc3c(c2)-[n+]2[c-]n(-c4cccc(Oc5ccc6c7ccccc7n(-c7cc(C(C)(C)C)ccn7)c6c5)c4)c4cccc(c42)-c2ccccc2-c2cc[c]([Ge]([c]4ccccc4)([c]4ccccc4)[c]4ccccc4)cc2-3)c([2H])c1[2H]. The first-order valence-corrected chi connectivity index (χ1v) is 32.0. The summed E-state index contributed by atoms with van der Waals surface area (Å²) in [5.74, 6) is 2.13. The van der Waals surface area contributed by atoms with Crippen molar-refractivity contribution in [2.24, 2.45) is 0 Å². The van der Waals surface area contributed by atoms with E-state index in [0.717, 1.165) is 83.4 Å². The molecule has 15 rings (SSSR count). The van der Waals surface area contributed by atoms with Gasteiger partial charge in [0.2, 0.25) is 0 Å². The van der Waals surface area contributed by atoms with Gasteiger partial charge in [0.15, 0.2) is 0 Å². The molecule has 82 heavy (non-hydrogen) atoms. The number of hydrogen-bond donors (Lipinski definition) is 0. The van der Waals surface area contributed by atoms with E-state index in [0.29, 0.717) is 17.1 Å². The zero-order valence-electron chi connectivity index (χ0n) is 50.4. The Labute approximate surface area is 487 Å². The molecular formula is C76H56GeN4O. The van der Waals surface area contributed by atoms with Gasteiger partial charge < -0.3 is 0 Å².